The number of amides is 1. The van der Waals surface area contributed by atoms with Crippen molar-refractivity contribution in [2.45, 2.75) is 17.7 Å². The molecule has 0 aromatic heterocycles. The Hall–Kier alpha value is -0.0600. The third-order valence-electron chi connectivity index (χ3n) is 2.76. The van der Waals surface area contributed by atoms with E-state index in [0.717, 1.165) is 4.47 Å². The number of hydrogen-bond acceptors (Lipinski definition) is 1. The van der Waals surface area contributed by atoms with Crippen LogP contribution in [0.25, 0.3) is 0 Å². The lowest BCUT2D eigenvalue weighted by molar-refractivity contribution is 0.0953. The summed E-state index contributed by atoms with van der Waals surface area (Å²) >= 11 is 12.9. The van der Waals surface area contributed by atoms with Gasteiger partial charge in [-0.3, -0.25) is 4.79 Å². The van der Waals surface area contributed by atoms with Crippen molar-refractivity contribution < 1.29 is 4.79 Å². The maximum absolute atomic E-state index is 11.9. The highest BCUT2D eigenvalue weighted by Crippen LogP contribution is 2.36. The van der Waals surface area contributed by atoms with E-state index in [1.165, 1.54) is 12.8 Å². The zero-order chi connectivity index (χ0) is 12.4. The van der Waals surface area contributed by atoms with Gasteiger partial charge in [0.2, 0.25) is 0 Å². The van der Waals surface area contributed by atoms with E-state index in [-0.39, 0.29) is 5.91 Å². The summed E-state index contributed by atoms with van der Waals surface area (Å²) < 4.78 is 0.852. The van der Waals surface area contributed by atoms with Gasteiger partial charge in [0.05, 0.1) is 10.6 Å². The molecule has 1 aromatic carbocycles. The normalized spacial score (nSPS) is 16.6. The molecule has 0 heterocycles. The molecule has 0 spiro atoms. The molecule has 17 heavy (non-hydrogen) atoms. The van der Waals surface area contributed by atoms with E-state index in [2.05, 4.69) is 37.2 Å². The summed E-state index contributed by atoms with van der Waals surface area (Å²) in [5.74, 6) is 0.592. The van der Waals surface area contributed by atoms with Crippen LogP contribution in [0.5, 0.6) is 0 Å². The van der Waals surface area contributed by atoms with E-state index >= 15 is 0 Å². The molecule has 1 amide bonds. The Kier molecular flexibility index (Phi) is 4.50. The molecule has 0 saturated heterocycles. The van der Waals surface area contributed by atoms with Gasteiger partial charge < -0.3 is 5.32 Å². The van der Waals surface area contributed by atoms with Gasteiger partial charge in [0, 0.05) is 15.8 Å². The van der Waals surface area contributed by atoms with Gasteiger partial charge in [-0.05, 0) is 37.0 Å². The Balaban J connectivity index is 1.96. The van der Waals surface area contributed by atoms with Gasteiger partial charge in [0.25, 0.3) is 5.91 Å². The van der Waals surface area contributed by atoms with Crippen LogP contribution in [0.3, 0.4) is 0 Å². The number of nitrogens with one attached hydrogen (secondary N) is 1. The zero-order valence-corrected chi connectivity index (χ0v) is 13.0. The molecule has 1 aliphatic rings. The lowest BCUT2D eigenvalue weighted by Crippen LogP contribution is -2.30. The molecule has 2 rings (SSSR count). The van der Waals surface area contributed by atoms with E-state index in [0.29, 0.717) is 27.9 Å². The fourth-order valence-electron chi connectivity index (χ4n) is 1.58. The molecule has 0 aliphatic heterocycles. The fraction of sp³-hybridized carbons (Fsp3) is 0.417. The molecule has 92 valence electrons. The molecule has 1 N–H and O–H groups in total. The molecule has 0 bridgehead atoms. The topological polar surface area (TPSA) is 29.1 Å². The number of halogens is 3. The predicted octanol–water partition coefficient (Wildman–Crippen LogP) is 4.01. The van der Waals surface area contributed by atoms with Crippen LogP contribution in [0.15, 0.2) is 22.7 Å². The number of carbonyl (C=O) groups is 1. The second-order valence-corrected chi connectivity index (χ2v) is 6.69. The summed E-state index contributed by atoms with van der Waals surface area (Å²) in [4.78, 5) is 12.3. The molecule has 1 fully saturated rings. The maximum atomic E-state index is 11.9. The summed E-state index contributed by atoms with van der Waals surface area (Å²) in [6.45, 7) is 0.645. The van der Waals surface area contributed by atoms with Crippen LogP contribution in [0.2, 0.25) is 5.02 Å². The second kappa shape index (κ2) is 5.72. The summed E-state index contributed by atoms with van der Waals surface area (Å²) in [6, 6.07) is 5.27. The zero-order valence-electron chi connectivity index (χ0n) is 9.05. The van der Waals surface area contributed by atoms with Crippen LogP contribution in [0, 0.1) is 5.92 Å². The molecule has 1 atom stereocenters. The van der Waals surface area contributed by atoms with Crippen LogP contribution in [0.1, 0.15) is 23.2 Å². The molecular weight excluding hydrogens is 369 g/mol. The first-order valence-electron chi connectivity index (χ1n) is 5.45. The third-order valence-corrected chi connectivity index (χ3v) is 4.66. The SMILES string of the molecule is O=C(NCC(Br)C1CC1)c1cc(Br)ccc1Cl. The van der Waals surface area contributed by atoms with Gasteiger partial charge in [-0.25, -0.2) is 0 Å². The minimum absolute atomic E-state index is 0.124. The first-order chi connectivity index (χ1) is 8.08. The first kappa shape index (κ1) is 13.4. The highest BCUT2D eigenvalue weighted by Gasteiger charge is 2.29. The summed E-state index contributed by atoms with van der Waals surface area (Å²) in [7, 11) is 0. The van der Waals surface area contributed by atoms with Crippen molar-refractivity contribution in [3.63, 3.8) is 0 Å². The Morgan fingerprint density at radius 3 is 2.88 bits per heavy atom. The van der Waals surface area contributed by atoms with Crippen molar-refractivity contribution in [2.24, 2.45) is 5.92 Å². The van der Waals surface area contributed by atoms with Gasteiger partial charge in [0.1, 0.15) is 0 Å². The van der Waals surface area contributed by atoms with E-state index in [1.54, 1.807) is 12.1 Å². The van der Waals surface area contributed by atoms with E-state index < -0.39 is 0 Å². The Bertz CT molecular complexity index is 435. The third kappa shape index (κ3) is 3.70. The maximum Gasteiger partial charge on any atom is 0.252 e. The minimum Gasteiger partial charge on any atom is -0.351 e. The molecule has 1 unspecified atom stereocenters. The number of hydrogen-bond donors (Lipinski definition) is 1. The average molecular weight is 381 g/mol. The van der Waals surface area contributed by atoms with Gasteiger partial charge in [-0.2, -0.15) is 0 Å². The van der Waals surface area contributed by atoms with Crippen molar-refractivity contribution >= 4 is 49.4 Å². The van der Waals surface area contributed by atoms with Crippen LogP contribution >= 0.6 is 43.5 Å². The molecule has 2 nitrogen and oxygen atoms in total. The number of carbonyl (C=O) groups excluding carboxylic acids is 1. The van der Waals surface area contributed by atoms with Gasteiger partial charge >= 0.3 is 0 Å². The standard InChI is InChI=1S/C12H12Br2ClNO/c13-8-3-4-11(15)9(5-8)12(17)16-6-10(14)7-1-2-7/h3-5,7,10H,1-2,6H2,(H,16,17). The first-order valence-corrected chi connectivity index (χ1v) is 7.54. The summed E-state index contributed by atoms with van der Waals surface area (Å²) in [5.41, 5.74) is 0.511. The van der Waals surface area contributed by atoms with Crippen molar-refractivity contribution in [2.75, 3.05) is 6.54 Å². The number of rotatable bonds is 4. The number of benzene rings is 1. The van der Waals surface area contributed by atoms with E-state index in [9.17, 15) is 4.79 Å². The van der Waals surface area contributed by atoms with Gasteiger partial charge in [-0.15, -0.1) is 0 Å². The highest BCUT2D eigenvalue weighted by atomic mass is 79.9. The fourth-order valence-corrected chi connectivity index (χ4v) is 2.84. The monoisotopic (exact) mass is 379 g/mol. The summed E-state index contributed by atoms with van der Waals surface area (Å²) in [6.07, 6.45) is 2.51. The lowest BCUT2D eigenvalue weighted by Gasteiger charge is -2.11. The quantitative estimate of drug-likeness (QED) is 0.785. The smallest absolute Gasteiger partial charge is 0.252 e. The molecule has 1 aromatic rings. The lowest BCUT2D eigenvalue weighted by atomic mass is 10.2. The molecule has 0 radical (unpaired) electrons. The Morgan fingerprint density at radius 1 is 1.53 bits per heavy atom. The van der Waals surface area contributed by atoms with Crippen LogP contribution < -0.4 is 5.32 Å². The van der Waals surface area contributed by atoms with E-state index in [4.69, 9.17) is 11.6 Å². The predicted molar refractivity (Wildman–Crippen MR) is 76.9 cm³/mol. The Labute approximate surface area is 122 Å². The van der Waals surface area contributed by atoms with Gasteiger partial charge in [0.15, 0.2) is 0 Å². The van der Waals surface area contributed by atoms with E-state index in [1.807, 2.05) is 6.07 Å². The van der Waals surface area contributed by atoms with Crippen molar-refractivity contribution in [1.29, 1.82) is 0 Å². The van der Waals surface area contributed by atoms with Crippen molar-refractivity contribution in [3.8, 4) is 0 Å². The summed E-state index contributed by atoms with van der Waals surface area (Å²) in [5, 5.41) is 3.37. The molecule has 1 aliphatic carbocycles. The highest BCUT2D eigenvalue weighted by molar-refractivity contribution is 9.10. The minimum atomic E-state index is -0.124. The van der Waals surface area contributed by atoms with Crippen LogP contribution in [-0.4, -0.2) is 17.3 Å². The average Bonchev–Trinajstić information content (AvgIpc) is 3.12. The molecule has 5 heteroatoms. The van der Waals surface area contributed by atoms with Crippen LogP contribution in [-0.2, 0) is 0 Å². The Morgan fingerprint density at radius 2 is 2.24 bits per heavy atom. The molecular formula is C12H12Br2ClNO. The molecule has 1 saturated carbocycles. The van der Waals surface area contributed by atoms with Crippen molar-refractivity contribution in [3.05, 3.63) is 33.3 Å². The second-order valence-electron chi connectivity index (χ2n) is 4.19. The van der Waals surface area contributed by atoms with Crippen molar-refractivity contribution in [1.82, 2.24) is 5.32 Å². The largest absolute Gasteiger partial charge is 0.351 e. The van der Waals surface area contributed by atoms with Crippen LogP contribution in [0.4, 0.5) is 0 Å². The number of alkyl halides is 1. The van der Waals surface area contributed by atoms with Gasteiger partial charge in [-0.1, -0.05) is 43.5 Å².